The van der Waals surface area contributed by atoms with Crippen LogP contribution in [0.3, 0.4) is 0 Å². The standard InChI is InChI=1S/C18H30O5/c1-15(14-18(22)23)13-16(19)11-9-7-5-3-2-4-6-8-10-12-17(20)21/h1-14H2,(H,20,21)(H,22,23). The number of aliphatic carboxylic acids is 2. The summed E-state index contributed by atoms with van der Waals surface area (Å²) in [6.07, 6.45) is 10.1. The van der Waals surface area contributed by atoms with Crippen LogP contribution in [0.25, 0.3) is 0 Å². The van der Waals surface area contributed by atoms with Gasteiger partial charge in [0, 0.05) is 19.3 Å². The molecule has 0 fully saturated rings. The first-order valence-corrected chi connectivity index (χ1v) is 8.53. The number of carboxylic acids is 2. The van der Waals surface area contributed by atoms with Gasteiger partial charge in [0.15, 0.2) is 0 Å². The molecule has 0 aromatic carbocycles. The van der Waals surface area contributed by atoms with Gasteiger partial charge >= 0.3 is 11.9 Å². The fourth-order valence-corrected chi connectivity index (χ4v) is 2.48. The minimum absolute atomic E-state index is 0.0784. The first-order valence-electron chi connectivity index (χ1n) is 8.53. The Balaban J connectivity index is 3.32. The van der Waals surface area contributed by atoms with Gasteiger partial charge < -0.3 is 10.2 Å². The molecular formula is C18H30O5. The highest BCUT2D eigenvalue weighted by Crippen LogP contribution is 2.13. The summed E-state index contributed by atoms with van der Waals surface area (Å²) in [5.74, 6) is -1.58. The summed E-state index contributed by atoms with van der Waals surface area (Å²) in [7, 11) is 0. The third-order valence-corrected chi connectivity index (χ3v) is 3.69. The molecule has 132 valence electrons. The molecule has 0 bridgehead atoms. The Morgan fingerprint density at radius 3 is 1.48 bits per heavy atom. The van der Waals surface area contributed by atoms with Gasteiger partial charge in [-0.3, -0.25) is 14.4 Å². The maximum absolute atomic E-state index is 11.6. The van der Waals surface area contributed by atoms with E-state index in [4.69, 9.17) is 10.2 Å². The van der Waals surface area contributed by atoms with Gasteiger partial charge in [0.05, 0.1) is 6.42 Å². The molecule has 5 nitrogen and oxygen atoms in total. The Kier molecular flexibility index (Phi) is 13.0. The summed E-state index contributed by atoms with van der Waals surface area (Å²) in [6, 6.07) is 0. The summed E-state index contributed by atoms with van der Waals surface area (Å²) >= 11 is 0. The zero-order valence-electron chi connectivity index (χ0n) is 14.0. The van der Waals surface area contributed by atoms with E-state index in [9.17, 15) is 14.4 Å². The molecule has 0 aliphatic rings. The summed E-state index contributed by atoms with van der Waals surface area (Å²) in [6.45, 7) is 3.61. The van der Waals surface area contributed by atoms with E-state index in [-0.39, 0.29) is 25.0 Å². The number of hydrogen-bond acceptors (Lipinski definition) is 3. The Labute approximate surface area is 138 Å². The van der Waals surface area contributed by atoms with E-state index in [2.05, 4.69) is 6.58 Å². The van der Waals surface area contributed by atoms with E-state index >= 15 is 0 Å². The van der Waals surface area contributed by atoms with Gasteiger partial charge in [-0.15, -0.1) is 0 Å². The van der Waals surface area contributed by atoms with Crippen molar-refractivity contribution in [1.82, 2.24) is 0 Å². The first-order chi connectivity index (χ1) is 10.9. The van der Waals surface area contributed by atoms with Gasteiger partial charge in [0.2, 0.25) is 0 Å². The number of carboxylic acid groups (broad SMARTS) is 2. The van der Waals surface area contributed by atoms with Gasteiger partial charge in [-0.2, -0.15) is 0 Å². The average Bonchev–Trinajstić information content (AvgIpc) is 2.43. The summed E-state index contributed by atoms with van der Waals surface area (Å²) in [5.41, 5.74) is 0.477. The van der Waals surface area contributed by atoms with E-state index in [1.54, 1.807) is 0 Å². The van der Waals surface area contributed by atoms with Crippen LogP contribution in [0.5, 0.6) is 0 Å². The van der Waals surface area contributed by atoms with Crippen LogP contribution >= 0.6 is 0 Å². The van der Waals surface area contributed by atoms with Crippen LogP contribution in [0, 0.1) is 0 Å². The minimum atomic E-state index is -0.939. The fraction of sp³-hybridized carbons (Fsp3) is 0.722. The van der Waals surface area contributed by atoms with Crippen molar-refractivity contribution in [3.05, 3.63) is 12.2 Å². The summed E-state index contributed by atoms with van der Waals surface area (Å²) in [4.78, 5) is 32.4. The highest BCUT2D eigenvalue weighted by Gasteiger charge is 2.07. The molecule has 0 heterocycles. The lowest BCUT2D eigenvalue weighted by Gasteiger charge is -2.04. The van der Waals surface area contributed by atoms with Crippen molar-refractivity contribution < 1.29 is 24.6 Å². The van der Waals surface area contributed by atoms with Crippen molar-refractivity contribution in [3.63, 3.8) is 0 Å². The summed E-state index contributed by atoms with van der Waals surface area (Å²) in [5, 5.41) is 17.1. The second kappa shape index (κ2) is 14.0. The second-order valence-corrected chi connectivity index (χ2v) is 6.11. The van der Waals surface area contributed by atoms with Gasteiger partial charge in [-0.1, -0.05) is 57.1 Å². The smallest absolute Gasteiger partial charge is 0.307 e. The molecule has 0 aromatic heterocycles. The number of ketones is 1. The molecule has 0 rings (SSSR count). The van der Waals surface area contributed by atoms with Crippen LogP contribution < -0.4 is 0 Å². The van der Waals surface area contributed by atoms with Crippen LogP contribution in [0.2, 0.25) is 0 Å². The molecular weight excluding hydrogens is 296 g/mol. The monoisotopic (exact) mass is 326 g/mol. The SMILES string of the molecule is C=C(CC(=O)O)CC(=O)CCCCCCCCCCCC(=O)O. The van der Waals surface area contributed by atoms with Gasteiger partial charge in [0.25, 0.3) is 0 Å². The van der Waals surface area contributed by atoms with Crippen LogP contribution in [-0.4, -0.2) is 27.9 Å². The number of hydrogen-bond donors (Lipinski definition) is 2. The highest BCUT2D eigenvalue weighted by atomic mass is 16.4. The van der Waals surface area contributed by atoms with E-state index < -0.39 is 11.9 Å². The van der Waals surface area contributed by atoms with Gasteiger partial charge in [0.1, 0.15) is 5.78 Å². The van der Waals surface area contributed by atoms with Crippen molar-refractivity contribution in [2.45, 2.75) is 83.5 Å². The number of unbranched alkanes of at least 4 members (excludes halogenated alkanes) is 8. The molecule has 5 heteroatoms. The molecule has 23 heavy (non-hydrogen) atoms. The number of carbonyl (C=O) groups is 3. The van der Waals surface area contributed by atoms with Gasteiger partial charge in [-0.05, 0) is 12.8 Å². The van der Waals surface area contributed by atoms with E-state index in [0.717, 1.165) is 57.8 Å². The van der Waals surface area contributed by atoms with E-state index in [1.807, 2.05) is 0 Å². The summed E-state index contributed by atoms with van der Waals surface area (Å²) < 4.78 is 0. The molecule has 0 atom stereocenters. The number of carbonyl (C=O) groups excluding carboxylic acids is 1. The third kappa shape index (κ3) is 16.5. The van der Waals surface area contributed by atoms with Crippen molar-refractivity contribution in [1.29, 1.82) is 0 Å². The Morgan fingerprint density at radius 1 is 0.609 bits per heavy atom. The topological polar surface area (TPSA) is 91.7 Å². The predicted molar refractivity (Wildman–Crippen MR) is 89.4 cm³/mol. The van der Waals surface area contributed by atoms with Crippen LogP contribution in [-0.2, 0) is 14.4 Å². The molecule has 0 saturated heterocycles. The zero-order chi connectivity index (χ0) is 17.5. The van der Waals surface area contributed by atoms with Crippen molar-refractivity contribution >= 4 is 17.7 Å². The Bertz CT molecular complexity index is 387. The lowest BCUT2D eigenvalue weighted by atomic mass is 10.0. The maximum Gasteiger partial charge on any atom is 0.307 e. The van der Waals surface area contributed by atoms with Crippen LogP contribution in [0.1, 0.15) is 83.5 Å². The molecule has 2 N–H and O–H groups in total. The van der Waals surface area contributed by atoms with Crippen molar-refractivity contribution in [3.8, 4) is 0 Å². The van der Waals surface area contributed by atoms with E-state index in [1.165, 1.54) is 0 Å². The molecule has 0 aliphatic carbocycles. The molecule has 0 aliphatic heterocycles. The highest BCUT2D eigenvalue weighted by molar-refractivity contribution is 5.82. The fourth-order valence-electron chi connectivity index (χ4n) is 2.48. The molecule has 0 spiro atoms. The molecule has 0 saturated carbocycles. The molecule has 0 aromatic rings. The Hall–Kier alpha value is -1.65. The number of rotatable bonds is 16. The second-order valence-electron chi connectivity index (χ2n) is 6.11. The van der Waals surface area contributed by atoms with Crippen LogP contribution in [0.15, 0.2) is 12.2 Å². The first kappa shape index (κ1) is 21.4. The average molecular weight is 326 g/mol. The van der Waals surface area contributed by atoms with Crippen LogP contribution in [0.4, 0.5) is 0 Å². The quantitative estimate of drug-likeness (QED) is 0.325. The number of Topliss-reactive ketones (excluding diaryl/α,β-unsaturated/α-hetero) is 1. The molecule has 0 unspecified atom stereocenters. The maximum atomic E-state index is 11.6. The molecule has 0 amide bonds. The van der Waals surface area contributed by atoms with Crippen molar-refractivity contribution in [2.75, 3.05) is 0 Å². The molecule has 0 radical (unpaired) electrons. The van der Waals surface area contributed by atoms with Crippen molar-refractivity contribution in [2.24, 2.45) is 0 Å². The largest absolute Gasteiger partial charge is 0.481 e. The lowest BCUT2D eigenvalue weighted by Crippen LogP contribution is -2.03. The third-order valence-electron chi connectivity index (χ3n) is 3.69. The lowest BCUT2D eigenvalue weighted by molar-refractivity contribution is -0.137. The Morgan fingerprint density at radius 2 is 1.04 bits per heavy atom. The zero-order valence-corrected chi connectivity index (χ0v) is 14.0. The van der Waals surface area contributed by atoms with Gasteiger partial charge in [-0.25, -0.2) is 0 Å². The predicted octanol–water partition coefficient (Wildman–Crippen LogP) is 4.35. The normalized spacial score (nSPS) is 10.4. The minimum Gasteiger partial charge on any atom is -0.481 e. The van der Waals surface area contributed by atoms with E-state index in [0.29, 0.717) is 12.0 Å².